The van der Waals surface area contributed by atoms with Gasteiger partial charge in [0.25, 0.3) is 5.88 Å². The topological polar surface area (TPSA) is 77.1 Å². The fraction of sp³-hybridized carbons (Fsp3) is 0.118. The molecule has 2 aromatic carbocycles. The van der Waals surface area contributed by atoms with Gasteiger partial charge in [-0.1, -0.05) is 52.3 Å². The van der Waals surface area contributed by atoms with Crippen molar-refractivity contribution in [1.82, 2.24) is 15.4 Å². The monoisotopic (exact) mass is 309 g/mol. The van der Waals surface area contributed by atoms with Gasteiger partial charge in [-0.25, -0.2) is 9.89 Å². The van der Waals surface area contributed by atoms with Crippen molar-refractivity contribution in [2.24, 2.45) is 0 Å². The Morgan fingerprint density at radius 1 is 1.00 bits per heavy atom. The number of benzene rings is 2. The van der Waals surface area contributed by atoms with E-state index in [-0.39, 0.29) is 11.6 Å². The lowest BCUT2D eigenvalue weighted by Crippen LogP contribution is -2.03. The first kappa shape index (κ1) is 14.8. The molecule has 1 aromatic heterocycles. The summed E-state index contributed by atoms with van der Waals surface area (Å²) in [4.78, 5) is 11.5. The van der Waals surface area contributed by atoms with E-state index in [2.05, 4.69) is 51.3 Å². The van der Waals surface area contributed by atoms with Gasteiger partial charge in [-0.05, 0) is 30.2 Å². The molecular formula is C17H15N3O3. The number of ether oxygens (including phenoxy) is 2. The Morgan fingerprint density at radius 3 is 2.22 bits per heavy atom. The normalized spacial score (nSPS) is 10.3. The average Bonchev–Trinajstić information content (AvgIpc) is 3.04. The van der Waals surface area contributed by atoms with Crippen LogP contribution in [0.15, 0.2) is 48.5 Å². The van der Waals surface area contributed by atoms with Gasteiger partial charge in [0.05, 0.1) is 7.11 Å². The molecule has 0 fully saturated rings. The van der Waals surface area contributed by atoms with E-state index in [1.165, 1.54) is 12.7 Å². The number of methoxy groups -OCH3 is 1. The first-order valence-corrected chi connectivity index (χ1v) is 7.01. The molecule has 0 unspecified atom stereocenters. The van der Waals surface area contributed by atoms with Crippen LogP contribution in [0.5, 0.6) is 11.6 Å². The van der Waals surface area contributed by atoms with Crippen molar-refractivity contribution in [3.05, 3.63) is 59.8 Å². The number of aryl methyl sites for hydroxylation is 1. The summed E-state index contributed by atoms with van der Waals surface area (Å²) in [5.74, 6) is 0.0566. The number of esters is 1. The summed E-state index contributed by atoms with van der Waals surface area (Å²) in [6.07, 6.45) is 0. The highest BCUT2D eigenvalue weighted by Crippen LogP contribution is 2.26. The molecule has 6 heteroatoms. The molecule has 0 spiro atoms. The van der Waals surface area contributed by atoms with Crippen LogP contribution in [0.4, 0.5) is 0 Å². The number of nitrogens with zero attached hydrogens (tertiary/aromatic N) is 2. The van der Waals surface area contributed by atoms with Crippen molar-refractivity contribution in [3.63, 3.8) is 0 Å². The fourth-order valence-electron chi connectivity index (χ4n) is 2.10. The van der Waals surface area contributed by atoms with Crippen LogP contribution in [0.2, 0.25) is 0 Å². The average molecular weight is 309 g/mol. The summed E-state index contributed by atoms with van der Waals surface area (Å²) in [6.45, 7) is 2.05. The van der Waals surface area contributed by atoms with Crippen LogP contribution >= 0.6 is 0 Å². The standard InChI is InChI=1S/C17H15N3O3/c1-11-3-5-12(6-4-11)13-7-9-14(10-8-13)23-16-15(17(21)22-2)18-20-19-16/h3-10H,1-2H3,(H,18,19,20). The van der Waals surface area contributed by atoms with E-state index in [9.17, 15) is 4.79 Å². The number of carbonyl (C=O) groups is 1. The van der Waals surface area contributed by atoms with Gasteiger partial charge < -0.3 is 9.47 Å². The molecule has 0 saturated carbocycles. The number of nitrogens with one attached hydrogen (secondary N) is 1. The Labute approximate surface area is 133 Å². The third kappa shape index (κ3) is 3.21. The molecular weight excluding hydrogens is 294 g/mol. The number of H-pyrrole nitrogens is 1. The number of hydrogen-bond acceptors (Lipinski definition) is 5. The highest BCUT2D eigenvalue weighted by Gasteiger charge is 2.18. The Hall–Kier alpha value is -3.15. The SMILES string of the molecule is COC(=O)c1[nH]nnc1Oc1ccc(-c2ccc(C)cc2)cc1. The second kappa shape index (κ2) is 6.31. The second-order valence-corrected chi connectivity index (χ2v) is 4.98. The molecule has 1 heterocycles. The maximum absolute atomic E-state index is 11.5. The minimum absolute atomic E-state index is 0.0788. The number of rotatable bonds is 4. The number of aromatic nitrogens is 3. The molecule has 0 saturated heterocycles. The zero-order valence-electron chi connectivity index (χ0n) is 12.7. The van der Waals surface area contributed by atoms with Crippen molar-refractivity contribution >= 4 is 5.97 Å². The minimum Gasteiger partial charge on any atom is -0.464 e. The zero-order valence-corrected chi connectivity index (χ0v) is 12.7. The number of aromatic amines is 1. The zero-order chi connectivity index (χ0) is 16.2. The summed E-state index contributed by atoms with van der Waals surface area (Å²) in [7, 11) is 1.28. The Bertz CT molecular complexity index is 808. The maximum atomic E-state index is 11.5. The van der Waals surface area contributed by atoms with Crippen molar-refractivity contribution in [1.29, 1.82) is 0 Å². The fourth-order valence-corrected chi connectivity index (χ4v) is 2.10. The van der Waals surface area contributed by atoms with Crippen LogP contribution in [0.1, 0.15) is 16.1 Å². The molecule has 0 aliphatic rings. The lowest BCUT2D eigenvalue weighted by Gasteiger charge is -2.06. The lowest BCUT2D eigenvalue weighted by molar-refractivity contribution is 0.0591. The highest BCUT2D eigenvalue weighted by atomic mass is 16.5. The molecule has 0 atom stereocenters. The van der Waals surface area contributed by atoms with E-state index in [4.69, 9.17) is 4.74 Å². The van der Waals surface area contributed by atoms with Gasteiger partial charge in [0, 0.05) is 0 Å². The molecule has 116 valence electrons. The third-order valence-corrected chi connectivity index (χ3v) is 3.36. The third-order valence-electron chi connectivity index (χ3n) is 3.36. The van der Waals surface area contributed by atoms with E-state index >= 15 is 0 Å². The van der Waals surface area contributed by atoms with Gasteiger partial charge in [-0.2, -0.15) is 0 Å². The lowest BCUT2D eigenvalue weighted by atomic mass is 10.0. The first-order chi connectivity index (χ1) is 11.2. The Morgan fingerprint density at radius 2 is 1.61 bits per heavy atom. The minimum atomic E-state index is -0.582. The molecule has 3 aromatic rings. The largest absolute Gasteiger partial charge is 0.464 e. The van der Waals surface area contributed by atoms with Crippen LogP contribution in [-0.2, 0) is 4.74 Å². The van der Waals surface area contributed by atoms with Crippen molar-refractivity contribution in [2.45, 2.75) is 6.92 Å². The van der Waals surface area contributed by atoms with E-state index < -0.39 is 5.97 Å². The Balaban J connectivity index is 1.79. The van der Waals surface area contributed by atoms with Crippen molar-refractivity contribution < 1.29 is 14.3 Å². The predicted octanol–water partition coefficient (Wildman–Crippen LogP) is 3.36. The van der Waals surface area contributed by atoms with Gasteiger partial charge in [0.2, 0.25) is 5.69 Å². The van der Waals surface area contributed by atoms with Gasteiger partial charge in [0.15, 0.2) is 0 Å². The quantitative estimate of drug-likeness (QED) is 0.748. The van der Waals surface area contributed by atoms with Gasteiger partial charge in [-0.3, -0.25) is 0 Å². The first-order valence-electron chi connectivity index (χ1n) is 7.01. The molecule has 0 aliphatic carbocycles. The highest BCUT2D eigenvalue weighted by molar-refractivity contribution is 5.89. The van der Waals surface area contributed by atoms with E-state index in [1.54, 1.807) is 0 Å². The molecule has 23 heavy (non-hydrogen) atoms. The molecule has 1 N–H and O–H groups in total. The maximum Gasteiger partial charge on any atom is 0.361 e. The summed E-state index contributed by atoms with van der Waals surface area (Å²) < 4.78 is 10.2. The van der Waals surface area contributed by atoms with E-state index in [1.807, 2.05) is 24.3 Å². The summed E-state index contributed by atoms with van der Waals surface area (Å²) in [6, 6.07) is 15.8. The molecule has 6 nitrogen and oxygen atoms in total. The van der Waals surface area contributed by atoms with Crippen LogP contribution < -0.4 is 4.74 Å². The molecule has 0 radical (unpaired) electrons. The molecule has 0 aliphatic heterocycles. The number of hydrogen-bond donors (Lipinski definition) is 1. The van der Waals surface area contributed by atoms with Gasteiger partial charge >= 0.3 is 5.97 Å². The molecule has 0 amide bonds. The molecule has 0 bridgehead atoms. The van der Waals surface area contributed by atoms with E-state index in [0.29, 0.717) is 5.75 Å². The van der Waals surface area contributed by atoms with Gasteiger partial charge in [0.1, 0.15) is 5.75 Å². The second-order valence-electron chi connectivity index (χ2n) is 4.98. The summed E-state index contributed by atoms with van der Waals surface area (Å²) in [5, 5.41) is 9.76. The number of carbonyl (C=O) groups excluding carboxylic acids is 1. The van der Waals surface area contributed by atoms with Crippen LogP contribution in [0.3, 0.4) is 0 Å². The van der Waals surface area contributed by atoms with Crippen LogP contribution in [0.25, 0.3) is 11.1 Å². The Kier molecular flexibility index (Phi) is 4.05. The van der Waals surface area contributed by atoms with Crippen molar-refractivity contribution in [3.8, 4) is 22.8 Å². The smallest absolute Gasteiger partial charge is 0.361 e. The van der Waals surface area contributed by atoms with Crippen LogP contribution in [-0.4, -0.2) is 28.5 Å². The van der Waals surface area contributed by atoms with E-state index in [0.717, 1.165) is 11.1 Å². The van der Waals surface area contributed by atoms with Crippen molar-refractivity contribution in [2.75, 3.05) is 7.11 Å². The summed E-state index contributed by atoms with van der Waals surface area (Å²) >= 11 is 0. The molecule has 3 rings (SSSR count). The summed E-state index contributed by atoms with van der Waals surface area (Å²) in [5.41, 5.74) is 3.50. The van der Waals surface area contributed by atoms with Gasteiger partial charge in [-0.15, -0.1) is 0 Å². The predicted molar refractivity (Wildman–Crippen MR) is 84.4 cm³/mol. The van der Waals surface area contributed by atoms with Crippen LogP contribution in [0, 0.1) is 6.92 Å².